The van der Waals surface area contributed by atoms with Gasteiger partial charge in [0.25, 0.3) is 0 Å². The van der Waals surface area contributed by atoms with Gasteiger partial charge in [0.2, 0.25) is 0 Å². The maximum Gasteiger partial charge on any atom is 0.418 e. The zero-order valence-corrected chi connectivity index (χ0v) is 10.7. The van der Waals surface area contributed by atoms with E-state index in [1.54, 1.807) is 0 Å². The van der Waals surface area contributed by atoms with E-state index >= 15 is 0 Å². The van der Waals surface area contributed by atoms with Gasteiger partial charge < -0.3 is 9.84 Å². The van der Waals surface area contributed by atoms with Crippen molar-refractivity contribution in [2.45, 2.75) is 18.0 Å². The van der Waals surface area contributed by atoms with E-state index in [2.05, 4.69) is 4.74 Å². The quantitative estimate of drug-likeness (QED) is 0.654. The average molecular weight is 300 g/mol. The van der Waals surface area contributed by atoms with Gasteiger partial charge in [0.1, 0.15) is 6.29 Å². The summed E-state index contributed by atoms with van der Waals surface area (Å²) in [4.78, 5) is 10.4. The second-order valence-corrected chi connectivity index (χ2v) is 3.68. The average Bonchev–Trinajstić information content (AvgIpc) is 2.36. The van der Waals surface area contributed by atoms with Gasteiger partial charge in [-0.2, -0.15) is 13.2 Å². The van der Waals surface area contributed by atoms with Crippen molar-refractivity contribution in [3.63, 3.8) is 0 Å². The number of methoxy groups -OCH3 is 1. The molecule has 0 fully saturated rings. The van der Waals surface area contributed by atoms with Crippen molar-refractivity contribution in [3.05, 3.63) is 35.4 Å². The molecular formula is C11H13ClF3NO3. The van der Waals surface area contributed by atoms with Gasteiger partial charge in [0.05, 0.1) is 0 Å². The molecule has 1 aromatic rings. The van der Waals surface area contributed by atoms with Gasteiger partial charge in [-0.1, -0.05) is 24.3 Å². The van der Waals surface area contributed by atoms with Crippen molar-refractivity contribution in [2.75, 3.05) is 7.11 Å². The van der Waals surface area contributed by atoms with Crippen molar-refractivity contribution >= 4 is 18.7 Å². The lowest BCUT2D eigenvalue weighted by molar-refractivity contribution is -0.265. The highest BCUT2D eigenvalue weighted by atomic mass is 35.5. The smallest absolute Gasteiger partial charge is 0.380 e. The van der Waals surface area contributed by atoms with E-state index in [-0.39, 0.29) is 23.5 Å². The maximum atomic E-state index is 12.5. The van der Waals surface area contributed by atoms with E-state index in [0.717, 1.165) is 7.11 Å². The maximum absolute atomic E-state index is 12.5. The molecule has 2 atom stereocenters. The third-order valence-electron chi connectivity index (χ3n) is 2.55. The molecule has 1 rings (SSSR count). The molecule has 4 nitrogen and oxygen atoms in total. The Morgan fingerprint density at radius 2 is 1.79 bits per heavy atom. The van der Waals surface area contributed by atoms with Crippen LogP contribution in [0.25, 0.3) is 0 Å². The Morgan fingerprint density at radius 3 is 2.11 bits per heavy atom. The highest BCUT2D eigenvalue weighted by molar-refractivity contribution is 5.85. The summed E-state index contributed by atoms with van der Waals surface area (Å²) in [6.45, 7) is 0. The van der Waals surface area contributed by atoms with Crippen molar-refractivity contribution in [2.24, 2.45) is 5.73 Å². The van der Waals surface area contributed by atoms with Crippen LogP contribution >= 0.6 is 12.4 Å². The molecule has 0 saturated carbocycles. The van der Waals surface area contributed by atoms with Crippen LogP contribution < -0.4 is 5.73 Å². The highest BCUT2D eigenvalue weighted by Crippen LogP contribution is 2.33. The summed E-state index contributed by atoms with van der Waals surface area (Å²) < 4.78 is 42.1. The lowest BCUT2D eigenvalue weighted by Crippen LogP contribution is -2.56. The molecule has 0 aliphatic carbocycles. The summed E-state index contributed by atoms with van der Waals surface area (Å²) in [5, 5.41) is 9.24. The van der Waals surface area contributed by atoms with Gasteiger partial charge in [-0.05, 0) is 0 Å². The molecule has 0 amide bonds. The van der Waals surface area contributed by atoms with E-state index in [0.29, 0.717) is 6.29 Å². The molecule has 0 aromatic heterocycles. The zero-order valence-electron chi connectivity index (χ0n) is 9.85. The van der Waals surface area contributed by atoms with Crippen LogP contribution in [0.5, 0.6) is 0 Å². The molecule has 0 heterocycles. The summed E-state index contributed by atoms with van der Waals surface area (Å²) in [6.07, 6.45) is -7.26. The fourth-order valence-electron chi connectivity index (χ4n) is 1.45. The Kier molecular flexibility index (Phi) is 5.95. The van der Waals surface area contributed by atoms with E-state index in [9.17, 15) is 23.1 Å². The number of nitrogens with two attached hydrogens (primary N) is 1. The largest absolute Gasteiger partial charge is 0.418 e. The molecule has 0 aliphatic heterocycles. The molecule has 0 radical (unpaired) electrons. The van der Waals surface area contributed by atoms with E-state index in [4.69, 9.17) is 5.73 Å². The van der Waals surface area contributed by atoms with Gasteiger partial charge in [-0.3, -0.25) is 10.5 Å². The summed E-state index contributed by atoms with van der Waals surface area (Å²) in [5.41, 5.74) is 3.24. The first-order valence-corrected chi connectivity index (χ1v) is 4.90. The third-order valence-corrected chi connectivity index (χ3v) is 2.55. The van der Waals surface area contributed by atoms with Crippen LogP contribution in [0, 0.1) is 0 Å². The van der Waals surface area contributed by atoms with Crippen LogP contribution in [0.15, 0.2) is 24.3 Å². The first kappa shape index (κ1) is 17.8. The first-order valence-electron chi connectivity index (χ1n) is 4.90. The molecule has 0 spiro atoms. The number of carbonyl (C=O) groups excluding carboxylic acids is 1. The van der Waals surface area contributed by atoms with Crippen LogP contribution in [0.3, 0.4) is 0 Å². The number of carbonyl (C=O) groups is 1. The Balaban J connectivity index is 0.00000324. The van der Waals surface area contributed by atoms with Crippen molar-refractivity contribution < 1.29 is 27.8 Å². The summed E-state index contributed by atoms with van der Waals surface area (Å²) >= 11 is 0. The Morgan fingerprint density at radius 1 is 1.32 bits per heavy atom. The van der Waals surface area contributed by atoms with Crippen molar-refractivity contribution in [1.82, 2.24) is 0 Å². The normalized spacial score (nSPS) is 16.1. The molecule has 0 unspecified atom stereocenters. The number of alkyl halides is 3. The summed E-state index contributed by atoms with van der Waals surface area (Å²) in [6, 6.07) is 4.96. The number of aliphatic hydroxyl groups excluding tert-OH is 1. The van der Waals surface area contributed by atoms with E-state index < -0.39 is 18.0 Å². The number of aldehydes is 1. The minimum absolute atomic E-state index is 0. The van der Waals surface area contributed by atoms with Crippen LogP contribution in [0.1, 0.15) is 15.9 Å². The second-order valence-electron chi connectivity index (χ2n) is 3.68. The highest BCUT2D eigenvalue weighted by Gasteiger charge is 2.52. The SMILES string of the molecule is CO[C@](N)(c1ccc(C=O)cc1)[C@H](O)C(F)(F)F.Cl. The van der Waals surface area contributed by atoms with E-state index in [1.807, 2.05) is 0 Å². The van der Waals surface area contributed by atoms with Gasteiger partial charge in [-0.15, -0.1) is 12.4 Å². The molecule has 0 bridgehead atoms. The third kappa shape index (κ3) is 3.66. The minimum atomic E-state index is -4.92. The second kappa shape index (κ2) is 6.33. The Labute approximate surface area is 113 Å². The fraction of sp³-hybridized carbons (Fsp3) is 0.364. The molecule has 108 valence electrons. The number of benzene rings is 1. The van der Waals surface area contributed by atoms with Gasteiger partial charge in [0.15, 0.2) is 11.8 Å². The van der Waals surface area contributed by atoms with Crippen LogP contribution in [-0.4, -0.2) is 30.8 Å². The number of rotatable bonds is 4. The lowest BCUT2D eigenvalue weighted by atomic mass is 9.96. The predicted octanol–water partition coefficient (Wildman–Crippen LogP) is 1.60. The Bertz CT molecular complexity index is 424. The molecule has 8 heteroatoms. The van der Waals surface area contributed by atoms with Gasteiger partial charge in [-0.25, -0.2) is 0 Å². The summed E-state index contributed by atoms with van der Waals surface area (Å²) in [7, 11) is 0.961. The molecule has 1 aromatic carbocycles. The molecular weight excluding hydrogens is 287 g/mol. The first-order chi connectivity index (χ1) is 8.25. The molecule has 0 aliphatic rings. The number of ether oxygens (including phenoxy) is 1. The topological polar surface area (TPSA) is 72.5 Å². The lowest BCUT2D eigenvalue weighted by Gasteiger charge is -2.34. The number of aliphatic hydroxyl groups is 1. The standard InChI is InChI=1S/C11H12F3NO3.ClH/c1-18-10(15,9(17)11(12,13)14)8-4-2-7(6-16)3-5-8;/h2-6,9,17H,15H2,1H3;1H/t9-,10+;/m0./s1. The zero-order chi connectivity index (χ0) is 14.0. The molecule has 19 heavy (non-hydrogen) atoms. The van der Waals surface area contributed by atoms with E-state index in [1.165, 1.54) is 24.3 Å². The van der Waals surface area contributed by atoms with Crippen LogP contribution in [0.2, 0.25) is 0 Å². The monoisotopic (exact) mass is 299 g/mol. The Hall–Kier alpha value is -1.15. The molecule has 0 saturated heterocycles. The van der Waals surface area contributed by atoms with Crippen LogP contribution in [-0.2, 0) is 10.5 Å². The van der Waals surface area contributed by atoms with Crippen molar-refractivity contribution in [3.8, 4) is 0 Å². The fourth-order valence-corrected chi connectivity index (χ4v) is 1.45. The van der Waals surface area contributed by atoms with Crippen molar-refractivity contribution in [1.29, 1.82) is 0 Å². The number of hydrogen-bond acceptors (Lipinski definition) is 4. The predicted molar refractivity (Wildman–Crippen MR) is 64.0 cm³/mol. The van der Waals surface area contributed by atoms with Crippen LogP contribution in [0.4, 0.5) is 13.2 Å². The minimum Gasteiger partial charge on any atom is -0.380 e. The van der Waals surface area contributed by atoms with Gasteiger partial charge >= 0.3 is 6.18 Å². The summed E-state index contributed by atoms with van der Waals surface area (Å²) in [5.74, 6) is 0. The number of halogens is 4. The molecule has 3 N–H and O–H groups in total. The number of hydrogen-bond donors (Lipinski definition) is 2. The van der Waals surface area contributed by atoms with Gasteiger partial charge in [0, 0.05) is 18.2 Å².